The van der Waals surface area contributed by atoms with Gasteiger partial charge < -0.3 is 20.1 Å². The first-order valence-corrected chi connectivity index (χ1v) is 8.46. The summed E-state index contributed by atoms with van der Waals surface area (Å²) < 4.78 is 5.59. The van der Waals surface area contributed by atoms with Gasteiger partial charge >= 0.3 is 0 Å². The summed E-state index contributed by atoms with van der Waals surface area (Å²) >= 11 is 0. The van der Waals surface area contributed by atoms with Crippen LogP contribution in [-0.4, -0.2) is 48.9 Å². The highest BCUT2D eigenvalue weighted by Gasteiger charge is 2.19. The lowest BCUT2D eigenvalue weighted by atomic mass is 10.0. The van der Waals surface area contributed by atoms with Crippen molar-refractivity contribution in [2.45, 2.75) is 39.3 Å². The number of para-hydroxylation sites is 1. The number of piperidine rings is 1. The van der Waals surface area contributed by atoms with E-state index >= 15 is 0 Å². The highest BCUT2D eigenvalue weighted by atomic mass is 16.5. The highest BCUT2D eigenvalue weighted by Crippen LogP contribution is 2.19. The van der Waals surface area contributed by atoms with Crippen LogP contribution >= 0.6 is 0 Å². The third-order valence-electron chi connectivity index (χ3n) is 4.11. The van der Waals surface area contributed by atoms with Gasteiger partial charge in [0, 0.05) is 24.7 Å². The lowest BCUT2D eigenvalue weighted by Crippen LogP contribution is -2.43. The summed E-state index contributed by atoms with van der Waals surface area (Å²) in [5.74, 6) is 1.63. The molecule has 0 saturated carbocycles. The van der Waals surface area contributed by atoms with Crippen molar-refractivity contribution in [2.24, 2.45) is 5.92 Å². The monoisotopic (exact) mass is 306 g/mol. The lowest BCUT2D eigenvalue weighted by molar-refractivity contribution is 0.178. The van der Waals surface area contributed by atoms with Gasteiger partial charge in [0.15, 0.2) is 0 Å². The molecular weight excluding hydrogens is 276 g/mol. The fourth-order valence-corrected chi connectivity index (χ4v) is 3.04. The molecule has 0 amide bonds. The minimum absolute atomic E-state index is 0.0517. The number of benzene rings is 1. The number of nitrogens with one attached hydrogen (secondary N) is 1. The van der Waals surface area contributed by atoms with Gasteiger partial charge in [-0.3, -0.25) is 0 Å². The van der Waals surface area contributed by atoms with Gasteiger partial charge in [-0.2, -0.15) is 0 Å². The third kappa shape index (κ3) is 5.59. The first kappa shape index (κ1) is 17.3. The Morgan fingerprint density at radius 3 is 2.68 bits per heavy atom. The first-order valence-electron chi connectivity index (χ1n) is 8.46. The Labute approximate surface area is 134 Å². The second kappa shape index (κ2) is 9.13. The Balaban J connectivity index is 1.77. The molecule has 1 aromatic carbocycles. The molecule has 1 aliphatic rings. The molecule has 1 aliphatic heterocycles. The molecular formula is C18H30N2O2. The second-order valence-electron chi connectivity index (χ2n) is 6.53. The van der Waals surface area contributed by atoms with Crippen LogP contribution in [0.25, 0.3) is 0 Å². The average Bonchev–Trinajstić information content (AvgIpc) is 2.52. The van der Waals surface area contributed by atoms with Gasteiger partial charge in [0.1, 0.15) is 12.4 Å². The van der Waals surface area contributed by atoms with E-state index in [9.17, 15) is 0 Å². The van der Waals surface area contributed by atoms with Crippen molar-refractivity contribution in [1.29, 1.82) is 0 Å². The van der Waals surface area contributed by atoms with Crippen molar-refractivity contribution in [3.8, 4) is 5.75 Å². The molecule has 0 radical (unpaired) electrons. The van der Waals surface area contributed by atoms with Gasteiger partial charge in [-0.25, -0.2) is 0 Å². The minimum Gasteiger partial charge on any atom is -0.491 e. The van der Waals surface area contributed by atoms with Crippen LogP contribution in [0.2, 0.25) is 0 Å². The molecule has 4 heteroatoms. The summed E-state index contributed by atoms with van der Waals surface area (Å²) in [6, 6.07) is 8.66. The zero-order chi connectivity index (χ0) is 15.8. The number of hydrogen-bond donors (Lipinski definition) is 2. The van der Waals surface area contributed by atoms with Crippen LogP contribution in [0.3, 0.4) is 0 Å². The van der Waals surface area contributed by atoms with E-state index in [1.807, 2.05) is 18.2 Å². The zero-order valence-electron chi connectivity index (χ0n) is 13.9. The maximum Gasteiger partial charge on any atom is 0.123 e. The van der Waals surface area contributed by atoms with E-state index < -0.39 is 0 Å². The van der Waals surface area contributed by atoms with Crippen LogP contribution in [0, 0.1) is 5.92 Å². The fourth-order valence-electron chi connectivity index (χ4n) is 3.04. The summed E-state index contributed by atoms with van der Waals surface area (Å²) in [5.41, 5.74) is 1.17. The van der Waals surface area contributed by atoms with Crippen molar-refractivity contribution < 1.29 is 9.84 Å². The molecule has 1 saturated heterocycles. The molecule has 124 valence electrons. The molecule has 0 spiro atoms. The number of ether oxygens (including phenoxy) is 1. The maximum atomic E-state index is 8.89. The SMILES string of the molecule is CC(C)CN1CCC(NCc2ccccc2OCCO)CC1. The van der Waals surface area contributed by atoms with Crippen molar-refractivity contribution in [2.75, 3.05) is 32.8 Å². The van der Waals surface area contributed by atoms with Gasteiger partial charge in [0.2, 0.25) is 0 Å². The van der Waals surface area contributed by atoms with Crippen LogP contribution in [0.4, 0.5) is 0 Å². The summed E-state index contributed by atoms with van der Waals surface area (Å²) in [7, 11) is 0. The molecule has 2 rings (SSSR count). The zero-order valence-corrected chi connectivity index (χ0v) is 13.9. The number of aliphatic hydroxyl groups is 1. The van der Waals surface area contributed by atoms with Crippen molar-refractivity contribution in [1.82, 2.24) is 10.2 Å². The van der Waals surface area contributed by atoms with E-state index in [2.05, 4.69) is 30.1 Å². The number of nitrogens with zero attached hydrogens (tertiary/aromatic N) is 1. The van der Waals surface area contributed by atoms with Crippen LogP contribution in [0.1, 0.15) is 32.3 Å². The maximum absolute atomic E-state index is 8.89. The summed E-state index contributed by atoms with van der Waals surface area (Å²) in [4.78, 5) is 2.57. The van der Waals surface area contributed by atoms with Gasteiger partial charge in [0.05, 0.1) is 6.61 Å². The lowest BCUT2D eigenvalue weighted by Gasteiger charge is -2.33. The second-order valence-corrected chi connectivity index (χ2v) is 6.53. The molecule has 1 fully saturated rings. The summed E-state index contributed by atoms with van der Waals surface area (Å²) in [6.45, 7) is 9.40. The molecule has 1 aromatic rings. The molecule has 1 heterocycles. The first-order chi connectivity index (χ1) is 10.7. The predicted octanol–water partition coefficient (Wildman–Crippen LogP) is 2.27. The fraction of sp³-hybridized carbons (Fsp3) is 0.667. The molecule has 2 N–H and O–H groups in total. The predicted molar refractivity (Wildman–Crippen MR) is 90.2 cm³/mol. The number of aliphatic hydroxyl groups excluding tert-OH is 1. The normalized spacial score (nSPS) is 17.1. The van der Waals surface area contributed by atoms with Crippen molar-refractivity contribution in [3.05, 3.63) is 29.8 Å². The highest BCUT2D eigenvalue weighted by molar-refractivity contribution is 5.33. The number of rotatable bonds is 8. The molecule has 0 unspecified atom stereocenters. The van der Waals surface area contributed by atoms with Crippen molar-refractivity contribution >= 4 is 0 Å². The summed E-state index contributed by atoms with van der Waals surface area (Å²) in [5, 5.41) is 12.6. The minimum atomic E-state index is 0.0517. The molecule has 4 nitrogen and oxygen atoms in total. The van der Waals surface area contributed by atoms with Crippen LogP contribution in [0.15, 0.2) is 24.3 Å². The quantitative estimate of drug-likeness (QED) is 0.773. The number of hydrogen-bond acceptors (Lipinski definition) is 4. The van der Waals surface area contributed by atoms with E-state index in [1.54, 1.807) is 0 Å². The van der Waals surface area contributed by atoms with Crippen molar-refractivity contribution in [3.63, 3.8) is 0 Å². The van der Waals surface area contributed by atoms with Crippen LogP contribution < -0.4 is 10.1 Å². The Morgan fingerprint density at radius 2 is 2.00 bits per heavy atom. The number of likely N-dealkylation sites (tertiary alicyclic amines) is 1. The van der Waals surface area contributed by atoms with Gasteiger partial charge in [-0.1, -0.05) is 32.0 Å². The Hall–Kier alpha value is -1.10. The van der Waals surface area contributed by atoms with E-state index in [-0.39, 0.29) is 6.61 Å². The third-order valence-corrected chi connectivity index (χ3v) is 4.11. The van der Waals surface area contributed by atoms with E-state index in [0.717, 1.165) is 18.2 Å². The van der Waals surface area contributed by atoms with Crippen LogP contribution in [0.5, 0.6) is 5.75 Å². The molecule has 0 bridgehead atoms. The Morgan fingerprint density at radius 1 is 1.27 bits per heavy atom. The average molecular weight is 306 g/mol. The standard InChI is InChI=1S/C18H30N2O2/c1-15(2)14-20-9-7-17(8-10-20)19-13-16-5-3-4-6-18(16)22-12-11-21/h3-6,15,17,19,21H,7-14H2,1-2H3. The van der Waals surface area contributed by atoms with Crippen LogP contribution in [-0.2, 0) is 6.54 Å². The van der Waals surface area contributed by atoms with E-state index in [4.69, 9.17) is 9.84 Å². The van der Waals surface area contributed by atoms with E-state index in [1.165, 1.54) is 38.0 Å². The van der Waals surface area contributed by atoms with Gasteiger partial charge in [-0.15, -0.1) is 0 Å². The molecule has 0 atom stereocenters. The smallest absolute Gasteiger partial charge is 0.123 e. The largest absolute Gasteiger partial charge is 0.491 e. The van der Waals surface area contributed by atoms with Gasteiger partial charge in [0.25, 0.3) is 0 Å². The van der Waals surface area contributed by atoms with Gasteiger partial charge in [-0.05, 0) is 37.9 Å². The Kier molecular flexibility index (Phi) is 7.16. The van der Waals surface area contributed by atoms with E-state index in [0.29, 0.717) is 12.6 Å². The summed E-state index contributed by atoms with van der Waals surface area (Å²) in [6.07, 6.45) is 2.43. The molecule has 0 aliphatic carbocycles. The Bertz CT molecular complexity index is 429. The molecule has 0 aromatic heterocycles. The topological polar surface area (TPSA) is 44.7 Å². The molecule has 22 heavy (non-hydrogen) atoms.